The van der Waals surface area contributed by atoms with Crippen molar-refractivity contribution in [1.29, 1.82) is 0 Å². The molecule has 0 bridgehead atoms. The van der Waals surface area contributed by atoms with Crippen LogP contribution in [-0.2, 0) is 10.0 Å². The van der Waals surface area contributed by atoms with E-state index >= 15 is 0 Å². The molecule has 106 valence electrons. The quantitative estimate of drug-likeness (QED) is 0.908. The Morgan fingerprint density at radius 2 is 2.05 bits per heavy atom. The number of hydrogen-bond acceptors (Lipinski definition) is 4. The maximum atomic E-state index is 11.3. The van der Waals surface area contributed by atoms with E-state index in [4.69, 9.17) is 16.7 Å². The van der Waals surface area contributed by atoms with Crippen LogP contribution in [0.1, 0.15) is 18.5 Å². The van der Waals surface area contributed by atoms with Crippen molar-refractivity contribution in [3.8, 4) is 0 Å². The topological polar surface area (TPSA) is 85.1 Å². The summed E-state index contributed by atoms with van der Waals surface area (Å²) in [6, 6.07) is 9.84. The molecule has 0 aliphatic rings. The number of pyridine rings is 1. The Balaban J connectivity index is 2.21. The summed E-state index contributed by atoms with van der Waals surface area (Å²) in [5, 5.41) is 8.83. The third-order valence-corrected chi connectivity index (χ3v) is 3.91. The number of halogens is 1. The van der Waals surface area contributed by atoms with E-state index in [9.17, 15) is 8.42 Å². The minimum Gasteiger partial charge on any atom is -0.364 e. The van der Waals surface area contributed by atoms with Gasteiger partial charge in [0.1, 0.15) is 5.82 Å². The summed E-state index contributed by atoms with van der Waals surface area (Å²) >= 11 is 5.77. The van der Waals surface area contributed by atoms with E-state index in [1.165, 1.54) is 12.3 Å². The van der Waals surface area contributed by atoms with Crippen molar-refractivity contribution < 1.29 is 8.42 Å². The predicted molar refractivity (Wildman–Crippen MR) is 79.1 cm³/mol. The SMILES string of the molecule is C[C@@H](Nc1ccc(Cl)cn1)c1cccc(S(N)(=O)=O)c1. The third-order valence-electron chi connectivity index (χ3n) is 2.78. The lowest BCUT2D eigenvalue weighted by Crippen LogP contribution is -2.14. The molecule has 5 nitrogen and oxygen atoms in total. The molecule has 1 aromatic heterocycles. The first-order chi connectivity index (χ1) is 9.36. The van der Waals surface area contributed by atoms with E-state index in [0.717, 1.165) is 5.56 Å². The predicted octanol–water partition coefficient (Wildman–Crippen LogP) is 2.56. The van der Waals surface area contributed by atoms with Crippen molar-refractivity contribution >= 4 is 27.4 Å². The zero-order valence-corrected chi connectivity index (χ0v) is 12.3. The average molecular weight is 312 g/mol. The molecule has 1 heterocycles. The Hall–Kier alpha value is -1.63. The largest absolute Gasteiger partial charge is 0.364 e. The molecule has 3 N–H and O–H groups in total. The highest BCUT2D eigenvalue weighted by atomic mass is 35.5. The first-order valence-corrected chi connectivity index (χ1v) is 7.79. The zero-order valence-electron chi connectivity index (χ0n) is 10.7. The van der Waals surface area contributed by atoms with Crippen LogP contribution in [0.15, 0.2) is 47.5 Å². The van der Waals surface area contributed by atoms with Crippen LogP contribution < -0.4 is 10.5 Å². The molecule has 0 aliphatic carbocycles. The van der Waals surface area contributed by atoms with E-state index in [0.29, 0.717) is 10.8 Å². The van der Waals surface area contributed by atoms with Gasteiger partial charge in [0.25, 0.3) is 0 Å². The second kappa shape index (κ2) is 5.78. The third kappa shape index (κ3) is 3.69. The van der Waals surface area contributed by atoms with Crippen LogP contribution in [0.5, 0.6) is 0 Å². The van der Waals surface area contributed by atoms with Crippen molar-refractivity contribution in [1.82, 2.24) is 4.98 Å². The fourth-order valence-corrected chi connectivity index (χ4v) is 2.41. The van der Waals surface area contributed by atoms with Gasteiger partial charge in [0, 0.05) is 12.2 Å². The number of nitrogens with zero attached hydrogens (tertiary/aromatic N) is 1. The molecule has 0 spiro atoms. The first kappa shape index (κ1) is 14.8. The molecule has 1 atom stereocenters. The summed E-state index contributed by atoms with van der Waals surface area (Å²) in [5.74, 6) is 0.655. The first-order valence-electron chi connectivity index (χ1n) is 5.87. The smallest absolute Gasteiger partial charge is 0.238 e. The minimum atomic E-state index is -3.70. The fraction of sp³-hybridized carbons (Fsp3) is 0.154. The zero-order chi connectivity index (χ0) is 14.8. The Morgan fingerprint density at radius 3 is 2.65 bits per heavy atom. The number of hydrogen-bond donors (Lipinski definition) is 2. The van der Waals surface area contributed by atoms with E-state index in [2.05, 4.69) is 10.3 Å². The number of primary sulfonamides is 1. The highest BCUT2D eigenvalue weighted by Gasteiger charge is 2.11. The summed E-state index contributed by atoms with van der Waals surface area (Å²) < 4.78 is 22.7. The molecule has 0 radical (unpaired) electrons. The molecule has 20 heavy (non-hydrogen) atoms. The van der Waals surface area contributed by atoms with Crippen molar-refractivity contribution in [2.24, 2.45) is 5.14 Å². The van der Waals surface area contributed by atoms with Gasteiger partial charge >= 0.3 is 0 Å². The van der Waals surface area contributed by atoms with Crippen molar-refractivity contribution in [3.05, 3.63) is 53.2 Å². The van der Waals surface area contributed by atoms with Gasteiger partial charge in [-0.25, -0.2) is 18.5 Å². The highest BCUT2D eigenvalue weighted by Crippen LogP contribution is 2.21. The molecular formula is C13H14ClN3O2S. The normalized spacial score (nSPS) is 12.9. The lowest BCUT2D eigenvalue weighted by molar-refractivity contribution is 0.597. The van der Waals surface area contributed by atoms with Crippen molar-refractivity contribution in [2.45, 2.75) is 17.9 Å². The lowest BCUT2D eigenvalue weighted by atomic mass is 10.1. The molecule has 1 aromatic carbocycles. The standard InChI is InChI=1S/C13H14ClN3O2S/c1-9(17-13-6-5-11(14)8-16-13)10-3-2-4-12(7-10)20(15,18)19/h2-9H,1H3,(H,16,17)(H2,15,18,19)/t9-/m1/s1. The van der Waals surface area contributed by atoms with Crippen LogP contribution in [0.3, 0.4) is 0 Å². The molecule has 0 amide bonds. The molecule has 2 aromatic rings. The lowest BCUT2D eigenvalue weighted by Gasteiger charge is -2.15. The summed E-state index contributed by atoms with van der Waals surface area (Å²) in [7, 11) is -3.70. The Bertz CT molecular complexity index is 702. The molecule has 2 rings (SSSR count). The summed E-state index contributed by atoms with van der Waals surface area (Å²) in [5.41, 5.74) is 0.799. The minimum absolute atomic E-state index is 0.0905. The molecule has 0 saturated carbocycles. The average Bonchev–Trinajstić information content (AvgIpc) is 2.40. The van der Waals surface area contributed by atoms with Gasteiger partial charge in [-0.1, -0.05) is 23.7 Å². The fourth-order valence-electron chi connectivity index (χ4n) is 1.73. The van der Waals surface area contributed by atoms with E-state index in [-0.39, 0.29) is 10.9 Å². The van der Waals surface area contributed by atoms with Crippen LogP contribution in [0.2, 0.25) is 5.02 Å². The number of benzene rings is 1. The number of rotatable bonds is 4. The second-order valence-corrected chi connectivity index (χ2v) is 6.34. The number of sulfonamides is 1. The summed E-state index contributed by atoms with van der Waals surface area (Å²) in [6.45, 7) is 1.90. The number of aromatic nitrogens is 1. The number of nitrogens with two attached hydrogens (primary N) is 1. The van der Waals surface area contributed by atoms with E-state index in [1.807, 2.05) is 13.0 Å². The van der Waals surface area contributed by atoms with Crippen LogP contribution in [0.25, 0.3) is 0 Å². The van der Waals surface area contributed by atoms with Gasteiger partial charge < -0.3 is 5.32 Å². The highest BCUT2D eigenvalue weighted by molar-refractivity contribution is 7.89. The second-order valence-electron chi connectivity index (χ2n) is 4.35. The van der Waals surface area contributed by atoms with Gasteiger partial charge in [0.2, 0.25) is 10.0 Å². The number of anilines is 1. The van der Waals surface area contributed by atoms with Crippen LogP contribution in [0, 0.1) is 0 Å². The van der Waals surface area contributed by atoms with Gasteiger partial charge in [-0.15, -0.1) is 0 Å². The maximum absolute atomic E-state index is 11.3. The number of nitrogens with one attached hydrogen (secondary N) is 1. The molecule has 0 fully saturated rings. The van der Waals surface area contributed by atoms with Crippen LogP contribution in [-0.4, -0.2) is 13.4 Å². The molecule has 7 heteroatoms. The Labute approximate surface area is 122 Å². The van der Waals surface area contributed by atoms with Gasteiger partial charge in [0.05, 0.1) is 9.92 Å². The molecule has 0 saturated heterocycles. The molecular weight excluding hydrogens is 298 g/mol. The summed E-state index contributed by atoms with van der Waals surface area (Å²) in [4.78, 5) is 4.22. The van der Waals surface area contributed by atoms with Crippen molar-refractivity contribution in [3.63, 3.8) is 0 Å². The maximum Gasteiger partial charge on any atom is 0.238 e. The van der Waals surface area contributed by atoms with Crippen molar-refractivity contribution in [2.75, 3.05) is 5.32 Å². The molecule has 0 unspecified atom stereocenters. The monoisotopic (exact) mass is 311 g/mol. The molecule has 0 aliphatic heterocycles. The summed E-state index contributed by atoms with van der Waals surface area (Å²) in [6.07, 6.45) is 1.54. The van der Waals surface area contributed by atoms with Crippen LogP contribution >= 0.6 is 11.6 Å². The van der Waals surface area contributed by atoms with Gasteiger partial charge in [-0.05, 0) is 36.8 Å². The van der Waals surface area contributed by atoms with E-state index in [1.54, 1.807) is 24.3 Å². The van der Waals surface area contributed by atoms with Gasteiger partial charge in [-0.2, -0.15) is 0 Å². The Morgan fingerprint density at radius 1 is 1.30 bits per heavy atom. The van der Waals surface area contributed by atoms with Crippen LogP contribution in [0.4, 0.5) is 5.82 Å². The van der Waals surface area contributed by atoms with E-state index < -0.39 is 10.0 Å². The van der Waals surface area contributed by atoms with Gasteiger partial charge in [0.15, 0.2) is 0 Å². The van der Waals surface area contributed by atoms with Gasteiger partial charge in [-0.3, -0.25) is 0 Å². The Kier molecular flexibility index (Phi) is 4.27.